The number of benzene rings is 1. The summed E-state index contributed by atoms with van der Waals surface area (Å²) in [7, 11) is 5.08. The zero-order valence-corrected chi connectivity index (χ0v) is 33.2. The van der Waals surface area contributed by atoms with Gasteiger partial charge in [0.25, 0.3) is 5.91 Å². The average molecular weight is 758 g/mol. The van der Waals surface area contributed by atoms with Crippen LogP contribution in [0.3, 0.4) is 0 Å². The Morgan fingerprint density at radius 2 is 1.75 bits per heavy atom. The van der Waals surface area contributed by atoms with E-state index in [2.05, 4.69) is 20.9 Å². The number of hydrogen-bond donors (Lipinski definition) is 5. The Morgan fingerprint density at radius 1 is 1.08 bits per heavy atom. The van der Waals surface area contributed by atoms with Crippen LogP contribution in [0.25, 0.3) is 0 Å². The summed E-state index contributed by atoms with van der Waals surface area (Å²) in [4.78, 5) is 73.7. The van der Waals surface area contributed by atoms with E-state index >= 15 is 0 Å². The maximum Gasteiger partial charge on any atom is 0.407 e. The standard InChI is InChI=1S/C38H59N7O7S/c1-9-23(4)32(43-34(47)29-12-10-11-17-44(29)7)36(48)45(8)30(22(2)3)20-31(52-38(51)40-6)35-42-28(21-53-35)33(46)41-27(18-24(5)37(49)50)19-25-13-15-26(39)16-14-25/h13-16,21-24,27,29-32H,9-12,17-20,39H2,1-8H3,(H,40,51)(H,41,46)(H,43,47)(H,49,50)/t23-,24-,27+,29+,30+,31+,32-/m0/s1. The molecular weight excluding hydrogens is 699 g/mol. The molecule has 0 aliphatic carbocycles. The van der Waals surface area contributed by atoms with Gasteiger partial charge in [0, 0.05) is 43.7 Å². The SMILES string of the molecule is CC[C@H](C)[C@H](NC(=O)[C@H]1CCCCN1C)C(=O)N(C)[C@H](C[C@@H](OC(=O)NC)c1nc(C(=O)N[C@@H](Cc2ccc(N)cc2)C[C@H](C)C(=O)O)cs1)C(C)C. The molecule has 1 aromatic heterocycles. The van der Waals surface area contributed by atoms with Gasteiger partial charge < -0.3 is 36.4 Å². The number of likely N-dealkylation sites (tertiary alicyclic amines) is 1. The summed E-state index contributed by atoms with van der Waals surface area (Å²) in [6.07, 6.45) is 2.57. The molecule has 1 aromatic carbocycles. The van der Waals surface area contributed by atoms with Crippen LogP contribution in [-0.2, 0) is 25.5 Å². The second kappa shape index (κ2) is 20.3. The van der Waals surface area contributed by atoms with Gasteiger partial charge >= 0.3 is 12.1 Å². The number of aromatic nitrogens is 1. The highest BCUT2D eigenvalue weighted by atomic mass is 32.1. The molecule has 7 atom stereocenters. The van der Waals surface area contributed by atoms with Crippen molar-refractivity contribution in [3.8, 4) is 0 Å². The maximum absolute atomic E-state index is 14.2. The Labute approximate surface area is 317 Å². The van der Waals surface area contributed by atoms with Crippen LogP contribution in [0.4, 0.5) is 10.5 Å². The van der Waals surface area contributed by atoms with Crippen LogP contribution in [0.15, 0.2) is 29.6 Å². The van der Waals surface area contributed by atoms with Gasteiger partial charge in [-0.1, -0.05) is 59.6 Å². The van der Waals surface area contributed by atoms with Crippen molar-refractivity contribution >= 4 is 46.8 Å². The first-order valence-electron chi connectivity index (χ1n) is 18.5. The molecule has 2 heterocycles. The van der Waals surface area contributed by atoms with Crippen molar-refractivity contribution < 1.29 is 33.8 Å². The second-order valence-corrected chi connectivity index (χ2v) is 15.6. The van der Waals surface area contributed by atoms with Gasteiger partial charge in [-0.05, 0) is 68.8 Å². The van der Waals surface area contributed by atoms with Crippen molar-refractivity contribution in [3.63, 3.8) is 0 Å². The number of thiazole rings is 1. The highest BCUT2D eigenvalue weighted by Crippen LogP contribution is 2.31. The smallest absolute Gasteiger partial charge is 0.407 e. The Bertz CT molecular complexity index is 1530. The van der Waals surface area contributed by atoms with Crippen molar-refractivity contribution in [2.24, 2.45) is 17.8 Å². The molecule has 1 aliphatic heterocycles. The summed E-state index contributed by atoms with van der Waals surface area (Å²) in [5, 5.41) is 20.0. The largest absolute Gasteiger partial charge is 0.481 e. The number of piperidine rings is 1. The Balaban J connectivity index is 1.84. The fourth-order valence-corrected chi connectivity index (χ4v) is 7.50. The lowest BCUT2D eigenvalue weighted by Gasteiger charge is -2.38. The molecule has 0 unspecified atom stereocenters. The van der Waals surface area contributed by atoms with Crippen LogP contribution in [0, 0.1) is 17.8 Å². The topological polar surface area (TPSA) is 196 Å². The van der Waals surface area contributed by atoms with Crippen LogP contribution >= 0.6 is 11.3 Å². The van der Waals surface area contributed by atoms with Crippen LogP contribution in [0.2, 0.25) is 0 Å². The molecule has 2 aromatic rings. The summed E-state index contributed by atoms with van der Waals surface area (Å²) >= 11 is 1.15. The second-order valence-electron chi connectivity index (χ2n) is 14.7. The molecule has 14 nitrogen and oxygen atoms in total. The maximum atomic E-state index is 14.2. The highest BCUT2D eigenvalue weighted by Gasteiger charge is 2.37. The number of nitrogens with two attached hydrogens (primary N) is 1. The third-order valence-corrected chi connectivity index (χ3v) is 11.2. The number of amides is 4. The number of alkyl carbamates (subject to hydrolysis) is 1. The molecule has 6 N–H and O–H groups in total. The van der Waals surface area contributed by atoms with Crippen molar-refractivity contribution in [2.45, 2.75) is 110 Å². The van der Waals surface area contributed by atoms with E-state index in [1.165, 1.54) is 7.05 Å². The normalized spacial score (nSPS) is 18.2. The summed E-state index contributed by atoms with van der Waals surface area (Å²) in [6.45, 7) is 10.3. The first-order chi connectivity index (χ1) is 25.1. The number of nitrogens with zero attached hydrogens (tertiary/aromatic N) is 3. The number of anilines is 1. The van der Waals surface area contributed by atoms with Gasteiger partial charge in [-0.25, -0.2) is 9.78 Å². The lowest BCUT2D eigenvalue weighted by Crippen LogP contribution is -2.58. The number of carboxylic acids is 1. The van der Waals surface area contributed by atoms with Crippen molar-refractivity contribution in [1.82, 2.24) is 30.7 Å². The number of aliphatic carboxylic acids is 1. The van der Waals surface area contributed by atoms with Gasteiger partial charge in [-0.3, -0.25) is 24.1 Å². The fourth-order valence-electron chi connectivity index (χ4n) is 6.66. The van der Waals surface area contributed by atoms with E-state index in [0.717, 1.165) is 42.7 Å². The fraction of sp³-hybridized carbons (Fsp3) is 0.632. The zero-order valence-electron chi connectivity index (χ0n) is 32.4. The molecule has 1 fully saturated rings. The minimum atomic E-state index is -0.968. The minimum absolute atomic E-state index is 0.0782. The lowest BCUT2D eigenvalue weighted by atomic mass is 9.92. The van der Waals surface area contributed by atoms with Crippen LogP contribution in [-0.4, -0.2) is 102 Å². The van der Waals surface area contributed by atoms with E-state index in [4.69, 9.17) is 10.5 Å². The first kappa shape index (κ1) is 43.2. The van der Waals surface area contributed by atoms with Crippen LogP contribution < -0.4 is 21.7 Å². The van der Waals surface area contributed by atoms with Crippen molar-refractivity contribution in [2.75, 3.05) is 33.4 Å². The molecule has 0 spiro atoms. The molecule has 294 valence electrons. The molecule has 1 aliphatic rings. The number of nitrogens with one attached hydrogen (secondary N) is 3. The number of ether oxygens (including phenoxy) is 1. The van der Waals surface area contributed by atoms with E-state index in [9.17, 15) is 29.1 Å². The summed E-state index contributed by atoms with van der Waals surface area (Å²) < 4.78 is 5.80. The van der Waals surface area contributed by atoms with Gasteiger partial charge in [0.2, 0.25) is 11.8 Å². The Hall–Kier alpha value is -4.24. The van der Waals surface area contributed by atoms with Gasteiger partial charge in [-0.2, -0.15) is 0 Å². The van der Waals surface area contributed by atoms with Gasteiger partial charge in [0.15, 0.2) is 6.10 Å². The van der Waals surface area contributed by atoms with Gasteiger partial charge in [-0.15, -0.1) is 11.3 Å². The Kier molecular flexibility index (Phi) is 16.5. The molecule has 1 saturated heterocycles. The van der Waals surface area contributed by atoms with E-state index in [-0.39, 0.29) is 48.2 Å². The van der Waals surface area contributed by atoms with Crippen molar-refractivity contribution in [1.29, 1.82) is 0 Å². The quantitative estimate of drug-likeness (QED) is 0.136. The summed E-state index contributed by atoms with van der Waals surface area (Å²) in [5.74, 6) is -2.76. The number of hydrogen-bond acceptors (Lipinski definition) is 10. The van der Waals surface area contributed by atoms with Gasteiger partial charge in [0.1, 0.15) is 16.7 Å². The number of carboxylic acid groups (broad SMARTS) is 1. The molecule has 4 amide bonds. The number of nitrogen functional groups attached to an aromatic ring is 1. The first-order valence-corrected chi connectivity index (χ1v) is 19.4. The molecule has 0 bridgehead atoms. The molecule has 15 heteroatoms. The molecule has 0 saturated carbocycles. The number of rotatable bonds is 18. The van der Waals surface area contributed by atoms with E-state index in [1.54, 1.807) is 36.4 Å². The highest BCUT2D eigenvalue weighted by molar-refractivity contribution is 7.09. The monoisotopic (exact) mass is 757 g/mol. The molecule has 0 radical (unpaired) electrons. The zero-order chi connectivity index (χ0) is 39.4. The third kappa shape index (κ3) is 12.4. The number of carbonyl (C=O) groups is 5. The summed E-state index contributed by atoms with van der Waals surface area (Å²) in [6, 6.07) is 5.20. The molecular formula is C38H59N7O7S. The molecule has 3 rings (SSSR count). The summed E-state index contributed by atoms with van der Waals surface area (Å²) in [5.41, 5.74) is 7.40. The van der Waals surface area contributed by atoms with Crippen LogP contribution in [0.5, 0.6) is 0 Å². The predicted octanol–water partition coefficient (Wildman–Crippen LogP) is 4.46. The minimum Gasteiger partial charge on any atom is -0.481 e. The van der Waals surface area contributed by atoms with E-state index < -0.39 is 48.1 Å². The van der Waals surface area contributed by atoms with Gasteiger partial charge in [0.05, 0.1) is 12.0 Å². The van der Waals surface area contributed by atoms with Crippen molar-refractivity contribution in [3.05, 3.63) is 45.9 Å². The van der Waals surface area contributed by atoms with E-state index in [1.807, 2.05) is 51.8 Å². The van der Waals surface area contributed by atoms with Crippen LogP contribution in [0.1, 0.15) is 100 Å². The number of likely N-dealkylation sites (N-methyl/N-ethyl adjacent to an activating group) is 2. The molecule has 53 heavy (non-hydrogen) atoms. The third-order valence-electron chi connectivity index (χ3n) is 10.3. The predicted molar refractivity (Wildman–Crippen MR) is 205 cm³/mol. The van der Waals surface area contributed by atoms with E-state index in [0.29, 0.717) is 23.5 Å². The number of carbonyl (C=O) groups excluding carboxylic acids is 4. The lowest BCUT2D eigenvalue weighted by molar-refractivity contribution is -0.141. The Morgan fingerprint density at radius 3 is 2.34 bits per heavy atom. The average Bonchev–Trinajstić information content (AvgIpc) is 3.62.